The van der Waals surface area contributed by atoms with Gasteiger partial charge in [-0.1, -0.05) is 18.7 Å². The highest BCUT2D eigenvalue weighted by molar-refractivity contribution is 5.87. The Morgan fingerprint density at radius 1 is 1.75 bits per heavy atom. The minimum Gasteiger partial charge on any atom is -0.458 e. The van der Waals surface area contributed by atoms with Gasteiger partial charge in [-0.2, -0.15) is 0 Å². The predicted octanol–water partition coefficient (Wildman–Crippen LogP) is 1.69. The first kappa shape index (κ1) is 10.5. The lowest BCUT2D eigenvalue weighted by Crippen LogP contribution is -2.05. The van der Waals surface area contributed by atoms with E-state index in [1.165, 1.54) is 6.08 Å². The molecular weight excluding hydrogens is 152 g/mol. The first-order valence-corrected chi connectivity index (χ1v) is 3.60. The largest absolute Gasteiger partial charge is 0.458 e. The van der Waals surface area contributed by atoms with Crippen molar-refractivity contribution >= 4 is 5.97 Å². The van der Waals surface area contributed by atoms with Crippen LogP contribution in [-0.2, 0) is 9.53 Å². The van der Waals surface area contributed by atoms with Crippen LogP contribution in [0.1, 0.15) is 13.3 Å². The average Bonchev–Trinajstić information content (AvgIpc) is 2.10. The van der Waals surface area contributed by atoms with Gasteiger partial charge in [0.05, 0.1) is 0 Å². The van der Waals surface area contributed by atoms with Crippen molar-refractivity contribution < 1.29 is 9.53 Å². The van der Waals surface area contributed by atoms with Crippen LogP contribution in [0.5, 0.6) is 0 Å². The molecule has 0 unspecified atom stereocenters. The highest BCUT2D eigenvalue weighted by Gasteiger charge is 2.02. The molecule has 0 aliphatic carbocycles. The summed E-state index contributed by atoms with van der Waals surface area (Å²) in [6.07, 6.45) is 8.65. The van der Waals surface area contributed by atoms with Gasteiger partial charge in [0.25, 0.3) is 0 Å². The number of carbonyl (C=O) groups is 1. The molecule has 0 aliphatic rings. The van der Waals surface area contributed by atoms with Crippen LogP contribution in [0.3, 0.4) is 0 Å². The van der Waals surface area contributed by atoms with Crippen molar-refractivity contribution in [3.8, 4) is 12.3 Å². The summed E-state index contributed by atoms with van der Waals surface area (Å²) in [6, 6.07) is 0. The lowest BCUT2D eigenvalue weighted by molar-refractivity contribution is -0.137. The number of ether oxygens (including phenoxy) is 1. The molecule has 0 rings (SSSR count). The number of allylic oxidation sites excluding steroid dienone is 1. The van der Waals surface area contributed by atoms with Crippen molar-refractivity contribution in [1.29, 1.82) is 0 Å². The molecule has 12 heavy (non-hydrogen) atoms. The highest BCUT2D eigenvalue weighted by atomic mass is 16.5. The molecule has 0 aliphatic heterocycles. The predicted molar refractivity (Wildman–Crippen MR) is 48.4 cm³/mol. The second-order valence-electron chi connectivity index (χ2n) is 2.18. The van der Waals surface area contributed by atoms with E-state index < -0.39 is 0 Å². The van der Waals surface area contributed by atoms with Gasteiger partial charge in [-0.05, 0) is 6.92 Å². The average molecular weight is 164 g/mol. The molecule has 0 heterocycles. The molecule has 0 fully saturated rings. The van der Waals surface area contributed by atoms with E-state index >= 15 is 0 Å². The Kier molecular flexibility index (Phi) is 5.46. The summed E-state index contributed by atoms with van der Waals surface area (Å²) < 4.78 is 4.76. The monoisotopic (exact) mass is 164 g/mol. The standard InChI is InChI=1S/C10H12O2/c1-4-6-7-9(3)10(11)12-8-5-2/h1,5,7H,2,6,8H2,3H3. The number of carbonyl (C=O) groups excluding carboxylic acids is 1. The molecule has 0 amide bonds. The minimum absolute atomic E-state index is 0.236. The van der Waals surface area contributed by atoms with Gasteiger partial charge in [0.15, 0.2) is 0 Å². The quantitative estimate of drug-likeness (QED) is 0.273. The first-order valence-electron chi connectivity index (χ1n) is 3.60. The Morgan fingerprint density at radius 2 is 2.42 bits per heavy atom. The SMILES string of the molecule is C#CCC=C(C)C(=O)OCC=C. The number of hydrogen-bond donors (Lipinski definition) is 0. The third kappa shape index (κ3) is 4.35. The maximum Gasteiger partial charge on any atom is 0.333 e. The number of hydrogen-bond acceptors (Lipinski definition) is 2. The van der Waals surface area contributed by atoms with Crippen molar-refractivity contribution in [3.05, 3.63) is 24.3 Å². The molecule has 0 saturated carbocycles. The molecule has 0 radical (unpaired) electrons. The van der Waals surface area contributed by atoms with E-state index in [-0.39, 0.29) is 12.6 Å². The smallest absolute Gasteiger partial charge is 0.333 e. The van der Waals surface area contributed by atoms with Gasteiger partial charge in [-0.3, -0.25) is 0 Å². The van der Waals surface area contributed by atoms with E-state index in [0.717, 1.165) is 0 Å². The number of rotatable bonds is 4. The summed E-state index contributed by atoms with van der Waals surface area (Å²) in [4.78, 5) is 11.0. The van der Waals surface area contributed by atoms with Crippen LogP contribution < -0.4 is 0 Å². The van der Waals surface area contributed by atoms with Gasteiger partial charge in [-0.25, -0.2) is 4.79 Å². The van der Waals surface area contributed by atoms with E-state index in [0.29, 0.717) is 12.0 Å². The van der Waals surface area contributed by atoms with Crippen LogP contribution in [0.25, 0.3) is 0 Å². The first-order chi connectivity index (χ1) is 5.72. The normalized spacial score (nSPS) is 10.2. The Morgan fingerprint density at radius 3 is 2.92 bits per heavy atom. The summed E-state index contributed by atoms with van der Waals surface area (Å²) in [5.41, 5.74) is 0.537. The molecule has 0 saturated heterocycles. The molecular formula is C10H12O2. The second kappa shape index (κ2) is 6.23. The zero-order valence-corrected chi connectivity index (χ0v) is 7.17. The fraction of sp³-hybridized carbons (Fsp3) is 0.300. The summed E-state index contributed by atoms with van der Waals surface area (Å²) in [5.74, 6) is 2.06. The summed E-state index contributed by atoms with van der Waals surface area (Å²) >= 11 is 0. The lowest BCUT2D eigenvalue weighted by Gasteiger charge is -1.99. The van der Waals surface area contributed by atoms with E-state index in [2.05, 4.69) is 12.5 Å². The maximum atomic E-state index is 11.0. The van der Waals surface area contributed by atoms with Crippen molar-refractivity contribution in [3.63, 3.8) is 0 Å². The molecule has 0 bridgehead atoms. The Hall–Kier alpha value is -1.49. The van der Waals surface area contributed by atoms with Crippen LogP contribution in [0, 0.1) is 12.3 Å². The highest BCUT2D eigenvalue weighted by Crippen LogP contribution is 1.97. The van der Waals surface area contributed by atoms with Gasteiger partial charge < -0.3 is 4.74 Å². The third-order valence-corrected chi connectivity index (χ3v) is 1.18. The van der Waals surface area contributed by atoms with E-state index in [1.807, 2.05) is 0 Å². The summed E-state index contributed by atoms with van der Waals surface area (Å²) in [7, 11) is 0. The Balaban J connectivity index is 3.93. The molecule has 0 aromatic rings. The van der Waals surface area contributed by atoms with E-state index in [4.69, 9.17) is 11.2 Å². The van der Waals surface area contributed by atoms with Gasteiger partial charge in [0, 0.05) is 12.0 Å². The molecule has 0 spiro atoms. The number of esters is 1. The van der Waals surface area contributed by atoms with Crippen LogP contribution in [0.4, 0.5) is 0 Å². The fourth-order valence-electron chi connectivity index (χ4n) is 0.544. The fourth-order valence-corrected chi connectivity index (χ4v) is 0.544. The van der Waals surface area contributed by atoms with Crippen molar-refractivity contribution in [2.75, 3.05) is 6.61 Å². The zero-order chi connectivity index (χ0) is 9.40. The van der Waals surface area contributed by atoms with Crippen molar-refractivity contribution in [1.82, 2.24) is 0 Å². The molecule has 0 atom stereocenters. The minimum atomic E-state index is -0.342. The molecule has 2 nitrogen and oxygen atoms in total. The van der Waals surface area contributed by atoms with Gasteiger partial charge >= 0.3 is 5.97 Å². The molecule has 0 aromatic carbocycles. The van der Waals surface area contributed by atoms with E-state index in [9.17, 15) is 4.79 Å². The third-order valence-electron chi connectivity index (χ3n) is 1.18. The van der Waals surface area contributed by atoms with Gasteiger partial charge in [-0.15, -0.1) is 12.3 Å². The second-order valence-corrected chi connectivity index (χ2v) is 2.18. The summed E-state index contributed by atoms with van der Waals surface area (Å²) in [6.45, 7) is 5.33. The van der Waals surface area contributed by atoms with Crippen LogP contribution in [-0.4, -0.2) is 12.6 Å². The number of terminal acetylenes is 1. The van der Waals surface area contributed by atoms with Crippen molar-refractivity contribution in [2.45, 2.75) is 13.3 Å². The topological polar surface area (TPSA) is 26.3 Å². The van der Waals surface area contributed by atoms with Gasteiger partial charge in [0.2, 0.25) is 0 Å². The Bertz CT molecular complexity index is 231. The van der Waals surface area contributed by atoms with Crippen molar-refractivity contribution in [2.24, 2.45) is 0 Å². The zero-order valence-electron chi connectivity index (χ0n) is 7.17. The lowest BCUT2D eigenvalue weighted by atomic mass is 10.2. The Labute approximate surface area is 72.9 Å². The van der Waals surface area contributed by atoms with Crippen LogP contribution in [0.2, 0.25) is 0 Å². The molecule has 64 valence electrons. The molecule has 2 heteroatoms. The van der Waals surface area contributed by atoms with E-state index in [1.54, 1.807) is 13.0 Å². The molecule has 0 aromatic heterocycles. The van der Waals surface area contributed by atoms with Crippen LogP contribution >= 0.6 is 0 Å². The maximum absolute atomic E-state index is 11.0. The summed E-state index contributed by atoms with van der Waals surface area (Å²) in [5, 5.41) is 0. The van der Waals surface area contributed by atoms with Crippen LogP contribution in [0.15, 0.2) is 24.3 Å². The molecule has 0 N–H and O–H groups in total. The van der Waals surface area contributed by atoms with Gasteiger partial charge in [0.1, 0.15) is 6.61 Å².